The quantitative estimate of drug-likeness (QED) is 0.640. The Hall–Kier alpha value is -2.31. The molecule has 2 aromatic rings. The van der Waals surface area contributed by atoms with Gasteiger partial charge in [-0.05, 0) is 79.8 Å². The zero-order chi connectivity index (χ0) is 24.8. The fourth-order valence-electron chi connectivity index (χ4n) is 9.47. The third kappa shape index (κ3) is 2.12. The predicted molar refractivity (Wildman–Crippen MR) is 139 cm³/mol. The Labute approximate surface area is 212 Å². The van der Waals surface area contributed by atoms with Gasteiger partial charge in [0.2, 0.25) is 0 Å². The van der Waals surface area contributed by atoms with Gasteiger partial charge in [0, 0.05) is 34.4 Å². The molecule has 0 amide bonds. The summed E-state index contributed by atoms with van der Waals surface area (Å²) in [4.78, 5) is 6.76. The van der Waals surface area contributed by atoms with Crippen LogP contribution in [0.4, 0.5) is 0 Å². The molecule has 1 saturated heterocycles. The predicted octanol–water partition coefficient (Wildman–Crippen LogP) is 4.14. The molecule has 1 saturated carbocycles. The first-order valence-corrected chi connectivity index (χ1v) is 13.4. The molecule has 8 rings (SSSR count). The summed E-state index contributed by atoms with van der Waals surface area (Å²) in [6, 6.07) is 8.63. The van der Waals surface area contributed by atoms with Crippen molar-refractivity contribution >= 4 is 16.5 Å². The number of rotatable bonds is 1. The number of nitrogens with zero attached hydrogens (tertiary/aromatic N) is 2. The molecular formula is C31H34N2O3. The molecule has 2 fully saturated rings. The van der Waals surface area contributed by atoms with E-state index in [1.165, 1.54) is 27.7 Å². The maximum Gasteiger partial charge on any atom is 0.105 e. The average Bonchev–Trinajstić information content (AvgIpc) is 3.38. The van der Waals surface area contributed by atoms with Crippen molar-refractivity contribution in [3.8, 4) is 0 Å². The van der Waals surface area contributed by atoms with Gasteiger partial charge in [0.15, 0.2) is 0 Å². The van der Waals surface area contributed by atoms with E-state index in [0.717, 1.165) is 30.4 Å². The summed E-state index contributed by atoms with van der Waals surface area (Å²) in [6.45, 7) is 4.86. The van der Waals surface area contributed by atoms with Gasteiger partial charge in [0.1, 0.15) is 6.10 Å². The number of likely N-dealkylation sites (N-methyl/N-ethyl adjacent to an activating group) is 1. The van der Waals surface area contributed by atoms with Crippen molar-refractivity contribution in [2.45, 2.75) is 74.4 Å². The number of allylic oxidation sites excluding steroid dienone is 3. The fraction of sp³-hybridized carbons (Fsp3) is 0.516. The molecule has 3 heterocycles. The third-order valence-corrected chi connectivity index (χ3v) is 11.4. The summed E-state index contributed by atoms with van der Waals surface area (Å²) in [6.07, 6.45) is 10.9. The zero-order valence-electron chi connectivity index (χ0n) is 21.5. The van der Waals surface area contributed by atoms with E-state index in [1.54, 1.807) is 0 Å². The van der Waals surface area contributed by atoms with Gasteiger partial charge in [0.05, 0.1) is 22.8 Å². The largest absolute Gasteiger partial charge is 0.388 e. The minimum atomic E-state index is -0.916. The molecule has 0 radical (unpaired) electrons. The number of hydrogen-bond acceptors (Lipinski definition) is 5. The van der Waals surface area contributed by atoms with Crippen molar-refractivity contribution in [2.24, 2.45) is 11.3 Å². The summed E-state index contributed by atoms with van der Waals surface area (Å²) in [5.74, 6) is 0.306. The van der Waals surface area contributed by atoms with Gasteiger partial charge in [-0.2, -0.15) is 0 Å². The van der Waals surface area contributed by atoms with Gasteiger partial charge in [-0.15, -0.1) is 0 Å². The number of aromatic nitrogens is 1. The first kappa shape index (κ1) is 21.7. The van der Waals surface area contributed by atoms with Gasteiger partial charge in [0.25, 0.3) is 0 Å². The maximum atomic E-state index is 11.4. The van der Waals surface area contributed by atoms with Crippen molar-refractivity contribution in [1.82, 2.24) is 9.88 Å². The van der Waals surface area contributed by atoms with Gasteiger partial charge in [-0.25, -0.2) is 0 Å². The summed E-state index contributed by atoms with van der Waals surface area (Å²) in [5.41, 5.74) is 6.02. The summed E-state index contributed by atoms with van der Waals surface area (Å²) < 4.78 is 7.35. The molecular weight excluding hydrogens is 448 g/mol. The number of pyridine rings is 1. The Bertz CT molecular complexity index is 1450. The molecule has 5 heteroatoms. The highest BCUT2D eigenvalue weighted by Gasteiger charge is 2.72. The van der Waals surface area contributed by atoms with E-state index in [9.17, 15) is 10.2 Å². The number of benzene rings is 1. The van der Waals surface area contributed by atoms with E-state index in [1.807, 2.05) is 25.2 Å². The number of ether oxygens (including phenoxy) is 1. The molecule has 5 nitrogen and oxygen atoms in total. The smallest absolute Gasteiger partial charge is 0.105 e. The van der Waals surface area contributed by atoms with Crippen LogP contribution >= 0.6 is 0 Å². The Kier molecular flexibility index (Phi) is 3.86. The summed E-state index contributed by atoms with van der Waals surface area (Å²) in [7, 11) is 3.97. The van der Waals surface area contributed by atoms with Crippen molar-refractivity contribution < 1.29 is 14.9 Å². The second kappa shape index (κ2) is 6.39. The topological polar surface area (TPSA) is 65.8 Å². The first-order valence-electron chi connectivity index (χ1n) is 13.4. The molecule has 3 unspecified atom stereocenters. The standard InChI is InChI=1S/C31H34N2O3/c1-28-15-17-14-21-26(34)27(35)23(33(3)4)16-30(21)11-12-31(17,36-30)24-9-8-19(29(24,28)2)18-6-5-7-22-25(18)20(28)10-13-32-22/h5-8,10,13-15,23-24,26-27,34-35H,9,11-12,16H2,1-4H3/t23?,24?,26-,27-,28?,29-,30-,31-/m1/s1. The van der Waals surface area contributed by atoms with Crippen LogP contribution in [-0.4, -0.2) is 63.6 Å². The normalized spacial score (nSPS) is 45.6. The SMILES string of the molecule is CN(C)C1C[C@@]23CC[C@@]4(O2)C(=CC2(C)c5ccnc6cccc(c56)C5=CCC4[C@@]52C)C=C3[C@@H](O)[C@@H]1O. The van der Waals surface area contributed by atoms with Gasteiger partial charge in [-0.3, -0.25) is 4.98 Å². The van der Waals surface area contributed by atoms with Crippen LogP contribution in [0.25, 0.3) is 16.5 Å². The zero-order valence-corrected chi connectivity index (χ0v) is 21.5. The van der Waals surface area contributed by atoms with E-state index in [0.29, 0.717) is 12.3 Å². The molecule has 2 aliphatic heterocycles. The van der Waals surface area contributed by atoms with Crippen LogP contribution in [0.1, 0.15) is 50.7 Å². The Morgan fingerprint density at radius 1 is 1.11 bits per heavy atom. The number of aliphatic hydroxyl groups is 2. The highest BCUT2D eigenvalue weighted by Crippen LogP contribution is 2.74. The fourth-order valence-corrected chi connectivity index (χ4v) is 9.47. The molecule has 2 N–H and O–H groups in total. The van der Waals surface area contributed by atoms with Crippen LogP contribution in [-0.2, 0) is 10.2 Å². The highest BCUT2D eigenvalue weighted by molar-refractivity contribution is 6.00. The number of aliphatic hydroxyl groups excluding tert-OH is 2. The molecule has 1 aromatic carbocycles. The second-order valence-corrected chi connectivity index (χ2v) is 12.7. The lowest BCUT2D eigenvalue weighted by atomic mass is 9.44. The molecule has 4 aliphatic carbocycles. The molecule has 2 spiro atoms. The number of fused-ring (bicyclic) bond motifs is 2. The average molecular weight is 483 g/mol. The number of hydrogen-bond donors (Lipinski definition) is 2. The summed E-state index contributed by atoms with van der Waals surface area (Å²) in [5, 5.41) is 23.7. The van der Waals surface area contributed by atoms with Crippen molar-refractivity contribution in [3.63, 3.8) is 0 Å². The minimum Gasteiger partial charge on any atom is -0.388 e. The molecule has 6 aliphatic rings. The van der Waals surface area contributed by atoms with Gasteiger partial charge in [-0.1, -0.05) is 44.2 Å². The van der Waals surface area contributed by atoms with Crippen LogP contribution in [0, 0.1) is 11.3 Å². The van der Waals surface area contributed by atoms with Crippen LogP contribution in [0.5, 0.6) is 0 Å². The van der Waals surface area contributed by atoms with Crippen molar-refractivity contribution in [1.29, 1.82) is 0 Å². The lowest BCUT2D eigenvalue weighted by molar-refractivity contribution is -0.166. The summed E-state index contributed by atoms with van der Waals surface area (Å²) >= 11 is 0. The van der Waals surface area contributed by atoms with Gasteiger partial charge < -0.3 is 19.8 Å². The highest BCUT2D eigenvalue weighted by atomic mass is 16.5. The third-order valence-electron chi connectivity index (χ3n) is 11.4. The molecule has 2 bridgehead atoms. The first-order chi connectivity index (χ1) is 17.2. The maximum absolute atomic E-state index is 11.4. The molecule has 186 valence electrons. The Balaban J connectivity index is 1.40. The Morgan fingerprint density at radius 2 is 1.94 bits per heavy atom. The van der Waals surface area contributed by atoms with E-state index in [4.69, 9.17) is 9.72 Å². The second-order valence-electron chi connectivity index (χ2n) is 12.7. The van der Waals surface area contributed by atoms with E-state index in [-0.39, 0.29) is 22.5 Å². The van der Waals surface area contributed by atoms with Crippen LogP contribution in [0.3, 0.4) is 0 Å². The van der Waals surface area contributed by atoms with Crippen LogP contribution in [0.15, 0.2) is 59.8 Å². The van der Waals surface area contributed by atoms with E-state index in [2.05, 4.69) is 56.3 Å². The van der Waals surface area contributed by atoms with Crippen LogP contribution in [0.2, 0.25) is 0 Å². The van der Waals surface area contributed by atoms with E-state index < -0.39 is 17.8 Å². The molecule has 1 aromatic heterocycles. The van der Waals surface area contributed by atoms with E-state index >= 15 is 0 Å². The van der Waals surface area contributed by atoms with Crippen molar-refractivity contribution in [3.05, 3.63) is 71.0 Å². The minimum absolute atomic E-state index is 0.107. The van der Waals surface area contributed by atoms with Gasteiger partial charge >= 0.3 is 0 Å². The lowest BCUT2D eigenvalue weighted by Gasteiger charge is -2.62. The molecule has 36 heavy (non-hydrogen) atoms. The van der Waals surface area contributed by atoms with Crippen molar-refractivity contribution in [2.75, 3.05) is 14.1 Å². The Morgan fingerprint density at radius 3 is 2.75 bits per heavy atom. The monoisotopic (exact) mass is 482 g/mol. The van der Waals surface area contributed by atoms with Crippen LogP contribution < -0.4 is 0 Å². The molecule has 8 atom stereocenters. The lowest BCUT2D eigenvalue weighted by Crippen LogP contribution is -2.64.